The van der Waals surface area contributed by atoms with Gasteiger partial charge in [0.15, 0.2) is 0 Å². The Bertz CT molecular complexity index is 306. The molecule has 0 spiro atoms. The zero-order chi connectivity index (χ0) is 13.3. The highest BCUT2D eigenvalue weighted by Gasteiger charge is 2.27. The maximum absolute atomic E-state index is 11.1. The third kappa shape index (κ3) is 6.60. The molecule has 0 heterocycles. The zero-order valence-corrected chi connectivity index (χ0v) is 10.0. The van der Waals surface area contributed by atoms with Crippen molar-refractivity contribution in [1.29, 1.82) is 0 Å². The molecule has 0 amide bonds. The molecule has 0 aromatic rings. The van der Waals surface area contributed by atoms with Crippen LogP contribution in [0.4, 0.5) is 0 Å². The zero-order valence-electron chi connectivity index (χ0n) is 10.0. The first-order valence-corrected chi connectivity index (χ1v) is 5.85. The van der Waals surface area contributed by atoms with E-state index in [1.54, 1.807) is 0 Å². The first-order valence-electron chi connectivity index (χ1n) is 5.85. The van der Waals surface area contributed by atoms with Gasteiger partial charge in [-0.15, -0.1) is 0 Å². The second-order valence-electron chi connectivity index (χ2n) is 3.90. The number of carboxylic acid groups (broad SMARTS) is 1. The van der Waals surface area contributed by atoms with Gasteiger partial charge in [0, 0.05) is 6.42 Å². The molecule has 0 aliphatic rings. The summed E-state index contributed by atoms with van der Waals surface area (Å²) >= 11 is 0. The van der Waals surface area contributed by atoms with Crippen molar-refractivity contribution in [3.05, 3.63) is 0 Å². The van der Waals surface area contributed by atoms with Gasteiger partial charge in [0.05, 0.1) is 0 Å². The van der Waals surface area contributed by atoms with Gasteiger partial charge >= 0.3 is 11.8 Å². The average molecular weight is 242 g/mol. The van der Waals surface area contributed by atoms with Crippen molar-refractivity contribution in [3.8, 4) is 0 Å². The molecule has 0 bridgehead atoms. The highest BCUT2D eigenvalue weighted by atomic mass is 16.4. The Balaban J connectivity index is 3.76. The molecule has 0 aromatic heterocycles. The molecule has 0 saturated carbocycles. The van der Waals surface area contributed by atoms with Crippen LogP contribution in [-0.2, 0) is 19.2 Å². The van der Waals surface area contributed by atoms with Crippen molar-refractivity contribution >= 4 is 23.3 Å². The molecule has 0 aliphatic heterocycles. The van der Waals surface area contributed by atoms with Crippen LogP contribution in [0.3, 0.4) is 0 Å². The highest BCUT2D eigenvalue weighted by Crippen LogP contribution is 2.07. The van der Waals surface area contributed by atoms with Gasteiger partial charge in [-0.05, 0) is 6.42 Å². The van der Waals surface area contributed by atoms with Gasteiger partial charge in [0.25, 0.3) is 5.78 Å². The fraction of sp³-hybridized carbons (Fsp3) is 0.667. The summed E-state index contributed by atoms with van der Waals surface area (Å²) in [5, 5.41) is 8.25. The molecule has 96 valence electrons. The second-order valence-corrected chi connectivity index (χ2v) is 3.90. The van der Waals surface area contributed by atoms with Crippen molar-refractivity contribution in [2.75, 3.05) is 0 Å². The Morgan fingerprint density at radius 1 is 0.824 bits per heavy atom. The molecule has 0 atom stereocenters. The number of aliphatic carboxylic acids is 1. The van der Waals surface area contributed by atoms with E-state index in [1.165, 1.54) is 0 Å². The van der Waals surface area contributed by atoms with E-state index < -0.39 is 23.3 Å². The van der Waals surface area contributed by atoms with E-state index in [0.717, 1.165) is 32.1 Å². The molecule has 0 aromatic carbocycles. The SMILES string of the molecule is CCCCCCCCC(=O)C(=O)C(=O)C(=O)O. The lowest BCUT2D eigenvalue weighted by Gasteiger charge is -1.99. The minimum absolute atomic E-state index is 0.0377. The first kappa shape index (κ1) is 15.5. The summed E-state index contributed by atoms with van der Waals surface area (Å²) in [6.45, 7) is 2.10. The maximum Gasteiger partial charge on any atom is 0.380 e. The topological polar surface area (TPSA) is 88.5 Å². The van der Waals surface area contributed by atoms with Crippen LogP contribution in [0.15, 0.2) is 0 Å². The lowest BCUT2D eigenvalue weighted by atomic mass is 10.0. The fourth-order valence-electron chi connectivity index (χ4n) is 1.40. The quantitative estimate of drug-likeness (QED) is 0.356. The molecule has 5 nitrogen and oxygen atoms in total. The summed E-state index contributed by atoms with van der Waals surface area (Å²) in [4.78, 5) is 43.0. The van der Waals surface area contributed by atoms with Crippen molar-refractivity contribution in [2.24, 2.45) is 0 Å². The standard InChI is InChI=1S/C12H18O5/c1-2-3-4-5-6-7-8-9(13)10(14)11(15)12(16)17/h2-8H2,1H3,(H,16,17). The van der Waals surface area contributed by atoms with Gasteiger partial charge in [-0.1, -0.05) is 39.0 Å². The van der Waals surface area contributed by atoms with E-state index in [0.29, 0.717) is 6.42 Å². The lowest BCUT2D eigenvalue weighted by Crippen LogP contribution is -2.29. The van der Waals surface area contributed by atoms with Gasteiger partial charge in [0.1, 0.15) is 0 Å². The van der Waals surface area contributed by atoms with Gasteiger partial charge in [-0.2, -0.15) is 0 Å². The summed E-state index contributed by atoms with van der Waals surface area (Å²) in [5.41, 5.74) is 0. The number of Topliss-reactive ketones (excluding diaryl/α,β-unsaturated/α-hetero) is 3. The van der Waals surface area contributed by atoms with E-state index in [9.17, 15) is 19.2 Å². The Hall–Kier alpha value is -1.52. The third-order valence-corrected chi connectivity index (χ3v) is 2.41. The van der Waals surface area contributed by atoms with Crippen molar-refractivity contribution in [1.82, 2.24) is 0 Å². The highest BCUT2D eigenvalue weighted by molar-refractivity contribution is 6.76. The summed E-state index contributed by atoms with van der Waals surface area (Å²) in [6, 6.07) is 0. The fourth-order valence-corrected chi connectivity index (χ4v) is 1.40. The molecular weight excluding hydrogens is 224 g/mol. The molecule has 0 aliphatic carbocycles. The Labute approximate surface area is 100 Å². The van der Waals surface area contributed by atoms with Crippen LogP contribution in [0.1, 0.15) is 51.9 Å². The molecule has 17 heavy (non-hydrogen) atoms. The number of ketones is 3. The molecule has 0 saturated heterocycles. The maximum atomic E-state index is 11.1. The molecule has 0 rings (SSSR count). The van der Waals surface area contributed by atoms with Crippen molar-refractivity contribution in [2.45, 2.75) is 51.9 Å². The largest absolute Gasteiger partial charge is 0.475 e. The molecule has 0 unspecified atom stereocenters. The average Bonchev–Trinajstić information content (AvgIpc) is 2.31. The number of carbonyl (C=O) groups is 4. The summed E-state index contributed by atoms with van der Waals surface area (Å²) in [7, 11) is 0. The number of carboxylic acids is 1. The predicted molar refractivity (Wildman–Crippen MR) is 60.6 cm³/mol. The number of hydrogen-bond donors (Lipinski definition) is 1. The Morgan fingerprint density at radius 2 is 1.35 bits per heavy atom. The summed E-state index contributed by atoms with van der Waals surface area (Å²) < 4.78 is 0. The van der Waals surface area contributed by atoms with Crippen LogP contribution in [0.2, 0.25) is 0 Å². The Morgan fingerprint density at radius 3 is 1.88 bits per heavy atom. The predicted octanol–water partition coefficient (Wildman–Crippen LogP) is 1.53. The monoisotopic (exact) mass is 242 g/mol. The van der Waals surface area contributed by atoms with Crippen molar-refractivity contribution in [3.63, 3.8) is 0 Å². The van der Waals surface area contributed by atoms with Gasteiger partial charge in [0.2, 0.25) is 5.78 Å². The van der Waals surface area contributed by atoms with Gasteiger partial charge < -0.3 is 5.11 Å². The Kier molecular flexibility index (Phi) is 7.84. The minimum Gasteiger partial charge on any atom is -0.475 e. The summed E-state index contributed by atoms with van der Waals surface area (Å²) in [6.07, 6.45) is 5.66. The summed E-state index contributed by atoms with van der Waals surface area (Å²) in [5.74, 6) is -5.81. The van der Waals surface area contributed by atoms with E-state index in [2.05, 4.69) is 6.92 Å². The van der Waals surface area contributed by atoms with E-state index in [1.807, 2.05) is 0 Å². The van der Waals surface area contributed by atoms with Gasteiger partial charge in [-0.3, -0.25) is 14.4 Å². The molecule has 0 fully saturated rings. The smallest absolute Gasteiger partial charge is 0.380 e. The molecular formula is C12H18O5. The van der Waals surface area contributed by atoms with Gasteiger partial charge in [-0.25, -0.2) is 4.79 Å². The van der Waals surface area contributed by atoms with E-state index in [-0.39, 0.29) is 6.42 Å². The number of rotatable bonds is 10. The van der Waals surface area contributed by atoms with E-state index in [4.69, 9.17) is 5.11 Å². The number of unbranched alkanes of at least 4 members (excludes halogenated alkanes) is 5. The van der Waals surface area contributed by atoms with Crippen molar-refractivity contribution < 1.29 is 24.3 Å². The molecule has 0 radical (unpaired) electrons. The normalized spacial score (nSPS) is 9.94. The first-order chi connectivity index (χ1) is 8.00. The van der Waals surface area contributed by atoms with Crippen LogP contribution >= 0.6 is 0 Å². The van der Waals surface area contributed by atoms with Crippen LogP contribution in [0.25, 0.3) is 0 Å². The molecule has 1 N–H and O–H groups in total. The van der Waals surface area contributed by atoms with Crippen LogP contribution < -0.4 is 0 Å². The van der Waals surface area contributed by atoms with Crippen LogP contribution in [-0.4, -0.2) is 28.4 Å². The number of hydrogen-bond acceptors (Lipinski definition) is 4. The molecule has 5 heteroatoms. The van der Waals surface area contributed by atoms with Crippen LogP contribution in [0.5, 0.6) is 0 Å². The second kappa shape index (κ2) is 8.61. The van der Waals surface area contributed by atoms with Crippen LogP contribution in [0, 0.1) is 0 Å². The third-order valence-electron chi connectivity index (χ3n) is 2.41. The van der Waals surface area contributed by atoms with E-state index >= 15 is 0 Å². The number of carbonyl (C=O) groups excluding carboxylic acids is 3. The minimum atomic E-state index is -1.87. The lowest BCUT2D eigenvalue weighted by molar-refractivity contribution is -0.155.